The van der Waals surface area contributed by atoms with Gasteiger partial charge in [0.2, 0.25) is 0 Å². The first-order valence-corrected chi connectivity index (χ1v) is 2.14. The predicted molar refractivity (Wildman–Crippen MR) is 28.2 cm³/mol. The van der Waals surface area contributed by atoms with E-state index in [1.807, 2.05) is 13.8 Å². The highest BCUT2D eigenvalue weighted by molar-refractivity contribution is 4.39. The summed E-state index contributed by atoms with van der Waals surface area (Å²) < 4.78 is 0. The highest BCUT2D eigenvalue weighted by Crippen LogP contribution is 1.83. The molecule has 0 amide bonds. The van der Waals surface area contributed by atoms with E-state index in [9.17, 15) is 0 Å². The summed E-state index contributed by atoms with van der Waals surface area (Å²) in [5, 5.41) is 7.99. The maximum Gasteiger partial charge on any atom is 0.0230 e. The fourth-order valence-electron chi connectivity index (χ4n) is 0.183. The molecule has 0 bridgehead atoms. The molecule has 0 saturated carbocycles. The van der Waals surface area contributed by atoms with Crippen molar-refractivity contribution in [2.24, 2.45) is 5.92 Å². The van der Waals surface area contributed by atoms with Crippen molar-refractivity contribution in [2.75, 3.05) is 6.54 Å². The van der Waals surface area contributed by atoms with Gasteiger partial charge in [-0.15, -0.1) is 0 Å². The van der Waals surface area contributed by atoms with Crippen LogP contribution in [0.3, 0.4) is 0 Å². The van der Waals surface area contributed by atoms with Crippen LogP contribution >= 0.6 is 0 Å². The van der Waals surface area contributed by atoms with E-state index in [-0.39, 0.29) is 5.48 Å². The van der Waals surface area contributed by atoms with Crippen LogP contribution in [0.1, 0.15) is 13.8 Å². The van der Waals surface area contributed by atoms with Crippen molar-refractivity contribution in [2.45, 2.75) is 13.8 Å². The summed E-state index contributed by atoms with van der Waals surface area (Å²) in [5.74, 6) is 0.537. The Kier molecular flexibility index (Phi) is 8.39. The maximum absolute atomic E-state index is 7.99. The van der Waals surface area contributed by atoms with Gasteiger partial charge in [0.05, 0.1) is 0 Å². The average Bonchev–Trinajstić information content (AvgIpc) is 1.35. The number of hydrogen-bond donors (Lipinski definition) is 2. The van der Waals surface area contributed by atoms with E-state index in [2.05, 4.69) is 5.48 Å². The van der Waals surface area contributed by atoms with Gasteiger partial charge in [-0.1, -0.05) is 13.8 Å². The molecule has 0 aromatic carbocycles. The Hall–Kier alpha value is -0.120. The van der Waals surface area contributed by atoms with Crippen LogP contribution in [0.4, 0.5) is 0 Å². The van der Waals surface area contributed by atoms with Gasteiger partial charge in [0, 0.05) is 6.54 Å². The van der Waals surface area contributed by atoms with Gasteiger partial charge in [-0.3, -0.25) is 0 Å². The lowest BCUT2D eigenvalue weighted by Gasteiger charge is -1.97. The van der Waals surface area contributed by atoms with Gasteiger partial charge in [0.25, 0.3) is 0 Å². The Morgan fingerprint density at radius 1 is 1.57 bits per heavy atom. The summed E-state index contributed by atoms with van der Waals surface area (Å²) in [6.45, 7) is 4.74. The third-order valence-electron chi connectivity index (χ3n) is 0.500. The average molecular weight is 107 g/mol. The Balaban J connectivity index is 0. The van der Waals surface area contributed by atoms with Crippen molar-refractivity contribution in [3.05, 3.63) is 0 Å². The lowest BCUT2D eigenvalue weighted by molar-refractivity contribution is 0.154. The molecular formula is C4H13NO2. The SMILES string of the molecule is CC(C)CNO.O. The molecule has 3 heteroatoms. The monoisotopic (exact) mass is 107 g/mol. The molecule has 0 fully saturated rings. The number of nitrogens with one attached hydrogen (secondary N) is 1. The van der Waals surface area contributed by atoms with Crippen LogP contribution in [0, 0.1) is 5.92 Å². The molecule has 4 N–H and O–H groups in total. The summed E-state index contributed by atoms with van der Waals surface area (Å²) in [4.78, 5) is 0. The van der Waals surface area contributed by atoms with Crippen molar-refractivity contribution >= 4 is 0 Å². The standard InChI is InChI=1S/C4H11NO.H2O/c1-4(2)3-5-6;/h4-6H,3H2,1-2H3;1H2. The van der Waals surface area contributed by atoms with Crippen molar-refractivity contribution in [3.8, 4) is 0 Å². The van der Waals surface area contributed by atoms with Crippen LogP contribution < -0.4 is 5.48 Å². The van der Waals surface area contributed by atoms with Crippen molar-refractivity contribution in [1.29, 1.82) is 0 Å². The predicted octanol–water partition coefficient (Wildman–Crippen LogP) is -0.204. The molecule has 0 aliphatic rings. The first-order chi connectivity index (χ1) is 2.77. The molecule has 0 rings (SSSR count). The second-order valence-electron chi connectivity index (χ2n) is 1.76. The summed E-state index contributed by atoms with van der Waals surface area (Å²) in [6.07, 6.45) is 0. The van der Waals surface area contributed by atoms with Crippen LogP contribution in [0.2, 0.25) is 0 Å². The molecular weight excluding hydrogens is 94.0 g/mol. The first-order valence-electron chi connectivity index (χ1n) is 2.14. The molecule has 0 aliphatic heterocycles. The van der Waals surface area contributed by atoms with Crippen LogP contribution in [-0.4, -0.2) is 17.2 Å². The molecule has 0 atom stereocenters. The zero-order chi connectivity index (χ0) is 4.99. The number of hydrogen-bond acceptors (Lipinski definition) is 2. The van der Waals surface area contributed by atoms with Gasteiger partial charge >= 0.3 is 0 Å². The minimum Gasteiger partial charge on any atom is -0.412 e. The number of hydroxylamine groups is 1. The van der Waals surface area contributed by atoms with Crippen molar-refractivity contribution < 1.29 is 10.7 Å². The highest BCUT2D eigenvalue weighted by atomic mass is 16.5. The molecule has 0 saturated heterocycles. The molecule has 0 aromatic heterocycles. The van der Waals surface area contributed by atoms with E-state index in [1.165, 1.54) is 0 Å². The fraction of sp³-hybridized carbons (Fsp3) is 1.00. The second-order valence-corrected chi connectivity index (χ2v) is 1.76. The first kappa shape index (κ1) is 9.99. The van der Waals surface area contributed by atoms with Crippen molar-refractivity contribution in [1.82, 2.24) is 5.48 Å². The molecule has 0 spiro atoms. The van der Waals surface area contributed by atoms with Crippen molar-refractivity contribution in [3.63, 3.8) is 0 Å². The molecule has 0 heterocycles. The van der Waals surface area contributed by atoms with Gasteiger partial charge in [0.1, 0.15) is 0 Å². The zero-order valence-corrected chi connectivity index (χ0v) is 4.73. The molecule has 0 aliphatic carbocycles. The van der Waals surface area contributed by atoms with Crippen LogP contribution in [0.5, 0.6) is 0 Å². The van der Waals surface area contributed by atoms with Crippen LogP contribution in [-0.2, 0) is 0 Å². The van der Waals surface area contributed by atoms with Gasteiger partial charge in [-0.2, -0.15) is 0 Å². The van der Waals surface area contributed by atoms with E-state index >= 15 is 0 Å². The lowest BCUT2D eigenvalue weighted by Crippen LogP contribution is -2.13. The fourth-order valence-corrected chi connectivity index (χ4v) is 0.183. The molecule has 0 aromatic rings. The van der Waals surface area contributed by atoms with Crippen LogP contribution in [0.25, 0.3) is 0 Å². The van der Waals surface area contributed by atoms with E-state index in [1.54, 1.807) is 0 Å². The Bertz CT molecular complexity index is 30.9. The smallest absolute Gasteiger partial charge is 0.0230 e. The molecule has 0 radical (unpaired) electrons. The third-order valence-corrected chi connectivity index (χ3v) is 0.500. The minimum absolute atomic E-state index is 0. The number of rotatable bonds is 2. The Morgan fingerprint density at radius 2 is 2.00 bits per heavy atom. The second kappa shape index (κ2) is 5.88. The Morgan fingerprint density at radius 3 is 2.00 bits per heavy atom. The summed E-state index contributed by atoms with van der Waals surface area (Å²) in [5.41, 5.74) is 2.07. The van der Waals surface area contributed by atoms with Gasteiger partial charge in [-0.25, -0.2) is 5.48 Å². The van der Waals surface area contributed by atoms with Gasteiger partial charge < -0.3 is 10.7 Å². The maximum atomic E-state index is 7.99. The van der Waals surface area contributed by atoms with Crippen LogP contribution in [0.15, 0.2) is 0 Å². The largest absolute Gasteiger partial charge is 0.412 e. The summed E-state index contributed by atoms with van der Waals surface area (Å²) in [6, 6.07) is 0. The molecule has 3 nitrogen and oxygen atoms in total. The Labute approximate surface area is 43.6 Å². The molecule has 46 valence electrons. The summed E-state index contributed by atoms with van der Waals surface area (Å²) >= 11 is 0. The topological polar surface area (TPSA) is 63.8 Å². The normalized spacial score (nSPS) is 8.57. The van der Waals surface area contributed by atoms with E-state index in [0.29, 0.717) is 12.5 Å². The van der Waals surface area contributed by atoms with Gasteiger partial charge in [-0.05, 0) is 5.92 Å². The third kappa shape index (κ3) is 10.7. The van der Waals surface area contributed by atoms with E-state index in [4.69, 9.17) is 5.21 Å². The van der Waals surface area contributed by atoms with Gasteiger partial charge in [0.15, 0.2) is 0 Å². The zero-order valence-electron chi connectivity index (χ0n) is 4.73. The molecule has 7 heavy (non-hydrogen) atoms. The minimum atomic E-state index is 0. The lowest BCUT2D eigenvalue weighted by atomic mass is 10.2. The summed E-state index contributed by atoms with van der Waals surface area (Å²) in [7, 11) is 0. The highest BCUT2D eigenvalue weighted by Gasteiger charge is 1.85. The quantitative estimate of drug-likeness (QED) is 0.480. The van der Waals surface area contributed by atoms with E-state index < -0.39 is 0 Å². The molecule has 0 unspecified atom stereocenters. The van der Waals surface area contributed by atoms with E-state index in [0.717, 1.165) is 0 Å².